The Morgan fingerprint density at radius 3 is 2.00 bits per heavy atom. The number of ketones is 1. The van der Waals surface area contributed by atoms with Crippen LogP contribution in [0.3, 0.4) is 0 Å². The Bertz CT molecular complexity index is 697. The summed E-state index contributed by atoms with van der Waals surface area (Å²) < 4.78 is 0. The molecule has 0 unspecified atom stereocenters. The Kier molecular flexibility index (Phi) is 8.17. The molecule has 2 aromatic carbocycles. The van der Waals surface area contributed by atoms with Crippen molar-refractivity contribution in [1.82, 2.24) is 0 Å². The summed E-state index contributed by atoms with van der Waals surface area (Å²) in [6, 6.07) is 17.9. The normalized spacial score (nSPS) is 12.1. The number of nitrogens with zero attached hydrogens (tertiary/aromatic N) is 1. The first kappa shape index (κ1) is 19.2. The molecule has 0 atom stereocenters. The number of aliphatic hydroxyl groups is 1. The van der Waals surface area contributed by atoms with E-state index in [2.05, 4.69) is 4.99 Å². The number of hydrogen-bond acceptors (Lipinski definition) is 4. The van der Waals surface area contributed by atoms with Crippen molar-refractivity contribution in [2.75, 3.05) is 0 Å². The van der Waals surface area contributed by atoms with E-state index in [4.69, 9.17) is 12.6 Å². The number of carbonyl (C=O) groups is 1. The van der Waals surface area contributed by atoms with Crippen LogP contribution in [0.2, 0.25) is 0 Å². The van der Waals surface area contributed by atoms with Gasteiger partial charge in [-0.2, -0.15) is 0 Å². The molecule has 3 nitrogen and oxygen atoms in total. The van der Waals surface area contributed by atoms with Crippen LogP contribution < -0.4 is 51.4 Å². The van der Waals surface area contributed by atoms with Crippen molar-refractivity contribution in [2.24, 2.45) is 4.99 Å². The van der Waals surface area contributed by atoms with Crippen LogP contribution in [-0.4, -0.2) is 15.9 Å². The maximum Gasteiger partial charge on any atom is 1.00 e. The van der Waals surface area contributed by atoms with Crippen molar-refractivity contribution < 1.29 is 61.3 Å². The van der Waals surface area contributed by atoms with Crippen molar-refractivity contribution in [3.8, 4) is 0 Å². The van der Waals surface area contributed by atoms with Gasteiger partial charge in [-0.05, 0) is 19.1 Å². The molecule has 0 fully saturated rings. The monoisotopic (exact) mass is 335 g/mol. The molecule has 2 aromatic rings. The molecule has 0 aliphatic rings. The minimum Gasteiger partial charge on any atom is -0.759 e. The van der Waals surface area contributed by atoms with Crippen LogP contribution in [0.25, 0.3) is 5.76 Å². The van der Waals surface area contributed by atoms with Crippen LogP contribution in [0.4, 0.5) is 5.69 Å². The SMILES string of the molecule is CC(=O)/C(C([S-])=Nc1ccccc1)=C(\O)c1ccccc1.[K+]. The molecule has 22 heavy (non-hydrogen) atoms. The third kappa shape index (κ3) is 5.12. The molecular formula is C17H14KNO2S. The summed E-state index contributed by atoms with van der Waals surface area (Å²) in [7, 11) is 0. The number of hydrogen-bond donors (Lipinski definition) is 1. The molecule has 0 aromatic heterocycles. The summed E-state index contributed by atoms with van der Waals surface area (Å²) in [5, 5.41) is 10.4. The molecule has 0 aliphatic carbocycles. The van der Waals surface area contributed by atoms with Gasteiger partial charge >= 0.3 is 51.4 Å². The molecule has 0 radical (unpaired) electrons. The number of rotatable bonds is 4. The number of Topliss-reactive ketones (excluding diaryl/α,β-unsaturated/α-hetero) is 1. The second-order valence-electron chi connectivity index (χ2n) is 4.40. The first-order chi connectivity index (χ1) is 10.1. The summed E-state index contributed by atoms with van der Waals surface area (Å²) in [6.07, 6.45) is 0. The zero-order chi connectivity index (χ0) is 15.2. The van der Waals surface area contributed by atoms with Crippen LogP contribution in [0.15, 0.2) is 71.2 Å². The smallest absolute Gasteiger partial charge is 0.759 e. The Balaban J connectivity index is 0.00000242. The molecule has 0 saturated carbocycles. The number of aliphatic hydroxyl groups excluding tert-OH is 1. The minimum atomic E-state index is -0.318. The standard InChI is InChI=1S/C17H15NO2S.K/c1-12(19)15(16(20)13-8-4-2-5-9-13)17(21)18-14-10-6-3-7-11-14;/h2-11,20H,1H3,(H,18,21);/q;+1/p-1/b16-15+;. The average Bonchev–Trinajstić information content (AvgIpc) is 2.49. The van der Waals surface area contributed by atoms with Gasteiger partial charge in [0.25, 0.3) is 0 Å². The van der Waals surface area contributed by atoms with E-state index < -0.39 is 0 Å². The minimum absolute atomic E-state index is 0. The van der Waals surface area contributed by atoms with Crippen LogP contribution in [-0.2, 0) is 17.4 Å². The van der Waals surface area contributed by atoms with Crippen LogP contribution in [0.1, 0.15) is 12.5 Å². The van der Waals surface area contributed by atoms with Crippen molar-refractivity contribution in [3.63, 3.8) is 0 Å². The fraction of sp³-hybridized carbons (Fsp3) is 0.0588. The van der Waals surface area contributed by atoms with E-state index in [0.29, 0.717) is 11.3 Å². The van der Waals surface area contributed by atoms with E-state index >= 15 is 0 Å². The van der Waals surface area contributed by atoms with Gasteiger partial charge in [-0.15, -0.1) is 0 Å². The molecule has 0 saturated heterocycles. The van der Waals surface area contributed by atoms with Gasteiger partial charge in [-0.1, -0.05) is 53.6 Å². The van der Waals surface area contributed by atoms with Gasteiger partial charge in [0, 0.05) is 5.56 Å². The molecule has 1 N–H and O–H groups in total. The Hall–Kier alpha value is -0.824. The first-order valence-corrected chi connectivity index (χ1v) is 6.81. The zero-order valence-electron chi connectivity index (χ0n) is 12.5. The topological polar surface area (TPSA) is 49.7 Å². The van der Waals surface area contributed by atoms with Gasteiger partial charge in [0.2, 0.25) is 0 Å². The van der Waals surface area contributed by atoms with Gasteiger partial charge in [0.15, 0.2) is 5.78 Å². The molecule has 0 heterocycles. The summed E-state index contributed by atoms with van der Waals surface area (Å²) >= 11 is 5.20. The van der Waals surface area contributed by atoms with Crippen LogP contribution >= 0.6 is 0 Å². The second-order valence-corrected chi connectivity index (χ2v) is 4.79. The maximum absolute atomic E-state index is 11.8. The maximum atomic E-state index is 11.8. The van der Waals surface area contributed by atoms with Crippen LogP contribution in [0.5, 0.6) is 0 Å². The molecular weight excluding hydrogens is 321 g/mol. The van der Waals surface area contributed by atoms with Gasteiger partial charge in [-0.3, -0.25) is 9.79 Å². The molecule has 0 amide bonds. The van der Waals surface area contributed by atoms with E-state index in [0.717, 1.165) is 0 Å². The molecule has 2 rings (SSSR count). The first-order valence-electron chi connectivity index (χ1n) is 6.40. The van der Waals surface area contributed by atoms with Gasteiger partial charge < -0.3 is 17.7 Å². The summed E-state index contributed by atoms with van der Waals surface area (Å²) in [5.41, 5.74) is 1.23. The number of para-hydroxylation sites is 1. The number of aliphatic imine (C=N–C) groups is 1. The zero-order valence-corrected chi connectivity index (χ0v) is 16.4. The quantitative estimate of drug-likeness (QED) is 0.225. The van der Waals surface area contributed by atoms with E-state index in [-0.39, 0.29) is 73.5 Å². The predicted octanol–water partition coefficient (Wildman–Crippen LogP) is 0.826. The van der Waals surface area contributed by atoms with Crippen molar-refractivity contribution >= 4 is 34.9 Å². The molecule has 5 heteroatoms. The fourth-order valence-electron chi connectivity index (χ4n) is 1.83. The largest absolute Gasteiger partial charge is 1.00 e. The van der Waals surface area contributed by atoms with Crippen molar-refractivity contribution in [3.05, 3.63) is 71.8 Å². The second kappa shape index (κ2) is 9.35. The van der Waals surface area contributed by atoms with Crippen LogP contribution in [0, 0.1) is 0 Å². The van der Waals surface area contributed by atoms with Gasteiger partial charge in [0.1, 0.15) is 5.76 Å². The molecule has 0 spiro atoms. The van der Waals surface area contributed by atoms with E-state index in [9.17, 15) is 9.90 Å². The molecule has 0 bridgehead atoms. The summed E-state index contributed by atoms with van der Waals surface area (Å²) in [4.78, 5) is 16.0. The summed E-state index contributed by atoms with van der Waals surface area (Å²) in [6.45, 7) is 1.36. The van der Waals surface area contributed by atoms with E-state index in [1.54, 1.807) is 36.4 Å². The van der Waals surface area contributed by atoms with Crippen molar-refractivity contribution in [2.45, 2.75) is 6.92 Å². The van der Waals surface area contributed by atoms with Crippen molar-refractivity contribution in [1.29, 1.82) is 0 Å². The fourth-order valence-corrected chi connectivity index (χ4v) is 2.18. The van der Waals surface area contributed by atoms with E-state index in [1.807, 2.05) is 24.3 Å². The van der Waals surface area contributed by atoms with Gasteiger partial charge in [0.05, 0.1) is 11.3 Å². The predicted molar refractivity (Wildman–Crippen MR) is 87.6 cm³/mol. The summed E-state index contributed by atoms with van der Waals surface area (Å²) in [5.74, 6) is -0.464. The van der Waals surface area contributed by atoms with E-state index in [1.165, 1.54) is 6.92 Å². The number of benzene rings is 2. The molecule has 106 valence electrons. The molecule has 0 aliphatic heterocycles. The van der Waals surface area contributed by atoms with Gasteiger partial charge in [-0.25, -0.2) is 0 Å². The third-order valence-electron chi connectivity index (χ3n) is 2.84. The Labute approximate surface area is 178 Å². The number of carbonyl (C=O) groups excluding carboxylic acids is 1. The Morgan fingerprint density at radius 1 is 1.00 bits per heavy atom. The average molecular weight is 335 g/mol. The third-order valence-corrected chi connectivity index (χ3v) is 3.13. The Morgan fingerprint density at radius 2 is 1.50 bits per heavy atom.